The molecule has 0 saturated carbocycles. The van der Waals surface area contributed by atoms with Crippen LogP contribution in [0, 0.1) is 0 Å². The SMILES string of the molecule is CC1(C(=O)CCS(C)(=O)=O)CCCO1. The smallest absolute Gasteiger partial charge is 0.165 e. The molecule has 4 nitrogen and oxygen atoms in total. The normalized spacial score (nSPS) is 27.9. The van der Waals surface area contributed by atoms with Crippen molar-refractivity contribution in [1.82, 2.24) is 0 Å². The van der Waals surface area contributed by atoms with Gasteiger partial charge in [0.25, 0.3) is 0 Å². The molecule has 1 unspecified atom stereocenters. The summed E-state index contributed by atoms with van der Waals surface area (Å²) in [7, 11) is -3.05. The molecule has 1 atom stereocenters. The predicted molar refractivity (Wildman–Crippen MR) is 52.9 cm³/mol. The summed E-state index contributed by atoms with van der Waals surface area (Å²) in [5.74, 6) is -0.175. The van der Waals surface area contributed by atoms with Gasteiger partial charge in [-0.05, 0) is 19.8 Å². The zero-order chi connectivity index (χ0) is 10.8. The minimum absolute atomic E-state index is 0.0648. The van der Waals surface area contributed by atoms with E-state index in [4.69, 9.17) is 4.74 Å². The van der Waals surface area contributed by atoms with E-state index in [0.29, 0.717) is 13.0 Å². The summed E-state index contributed by atoms with van der Waals surface area (Å²) >= 11 is 0. The number of ketones is 1. The fourth-order valence-corrected chi connectivity index (χ4v) is 2.10. The average Bonchev–Trinajstić information content (AvgIpc) is 2.48. The quantitative estimate of drug-likeness (QED) is 0.694. The van der Waals surface area contributed by atoms with Crippen molar-refractivity contribution in [3.63, 3.8) is 0 Å². The summed E-state index contributed by atoms with van der Waals surface area (Å²) in [5, 5.41) is 0. The monoisotopic (exact) mass is 220 g/mol. The lowest BCUT2D eigenvalue weighted by molar-refractivity contribution is -0.136. The summed E-state index contributed by atoms with van der Waals surface area (Å²) in [6.07, 6.45) is 2.78. The Labute approximate surface area is 84.6 Å². The van der Waals surface area contributed by atoms with E-state index < -0.39 is 15.4 Å². The van der Waals surface area contributed by atoms with Gasteiger partial charge in [-0.15, -0.1) is 0 Å². The van der Waals surface area contributed by atoms with Gasteiger partial charge in [0.2, 0.25) is 0 Å². The largest absolute Gasteiger partial charge is 0.368 e. The second-order valence-electron chi connectivity index (χ2n) is 3.99. The lowest BCUT2D eigenvalue weighted by atomic mass is 9.96. The molecule has 0 amide bonds. The number of rotatable bonds is 4. The molecule has 1 saturated heterocycles. The molecule has 1 aliphatic rings. The third-order valence-electron chi connectivity index (χ3n) is 2.51. The number of carbonyl (C=O) groups excluding carboxylic acids is 1. The van der Waals surface area contributed by atoms with Gasteiger partial charge < -0.3 is 4.74 Å². The molecule has 82 valence electrons. The van der Waals surface area contributed by atoms with Crippen LogP contribution < -0.4 is 0 Å². The molecule has 5 heteroatoms. The Morgan fingerprint density at radius 1 is 1.50 bits per heavy atom. The van der Waals surface area contributed by atoms with Crippen molar-refractivity contribution in [2.75, 3.05) is 18.6 Å². The second-order valence-corrected chi connectivity index (χ2v) is 6.25. The van der Waals surface area contributed by atoms with Gasteiger partial charge in [-0.2, -0.15) is 0 Å². The van der Waals surface area contributed by atoms with Crippen molar-refractivity contribution in [3.8, 4) is 0 Å². The number of ether oxygens (including phenoxy) is 1. The van der Waals surface area contributed by atoms with E-state index in [1.165, 1.54) is 0 Å². The third kappa shape index (κ3) is 3.06. The molecule has 1 fully saturated rings. The second kappa shape index (κ2) is 3.98. The van der Waals surface area contributed by atoms with Crippen LogP contribution in [0.15, 0.2) is 0 Å². The molecule has 0 bridgehead atoms. The van der Waals surface area contributed by atoms with E-state index in [1.807, 2.05) is 0 Å². The van der Waals surface area contributed by atoms with Crippen LogP contribution in [0.5, 0.6) is 0 Å². The van der Waals surface area contributed by atoms with Crippen molar-refractivity contribution in [3.05, 3.63) is 0 Å². The summed E-state index contributed by atoms with van der Waals surface area (Å²) in [4.78, 5) is 11.6. The molecule has 0 aromatic heterocycles. The fourth-order valence-electron chi connectivity index (χ4n) is 1.54. The molecule has 1 aliphatic heterocycles. The Morgan fingerprint density at radius 3 is 2.57 bits per heavy atom. The Hall–Kier alpha value is -0.420. The van der Waals surface area contributed by atoms with E-state index in [9.17, 15) is 13.2 Å². The van der Waals surface area contributed by atoms with Crippen LogP contribution in [-0.4, -0.2) is 38.4 Å². The van der Waals surface area contributed by atoms with E-state index >= 15 is 0 Å². The average molecular weight is 220 g/mol. The highest BCUT2D eigenvalue weighted by molar-refractivity contribution is 7.90. The molecule has 0 radical (unpaired) electrons. The van der Waals surface area contributed by atoms with Crippen LogP contribution in [0.1, 0.15) is 26.2 Å². The van der Waals surface area contributed by atoms with Gasteiger partial charge >= 0.3 is 0 Å². The van der Waals surface area contributed by atoms with Crippen molar-refractivity contribution in [1.29, 1.82) is 0 Å². The molecule has 14 heavy (non-hydrogen) atoms. The molecule has 0 N–H and O–H groups in total. The minimum atomic E-state index is -3.05. The van der Waals surface area contributed by atoms with Gasteiger partial charge in [0.05, 0.1) is 5.75 Å². The first kappa shape index (κ1) is 11.7. The predicted octanol–water partition coefficient (Wildman–Crippen LogP) is 0.559. The lowest BCUT2D eigenvalue weighted by Gasteiger charge is -2.20. The highest BCUT2D eigenvalue weighted by Crippen LogP contribution is 2.27. The van der Waals surface area contributed by atoms with E-state index in [-0.39, 0.29) is 18.0 Å². The maximum absolute atomic E-state index is 11.6. The van der Waals surface area contributed by atoms with E-state index in [1.54, 1.807) is 6.92 Å². The maximum atomic E-state index is 11.6. The first-order valence-electron chi connectivity index (χ1n) is 4.68. The molecular weight excluding hydrogens is 204 g/mol. The topological polar surface area (TPSA) is 60.4 Å². The highest BCUT2D eigenvalue weighted by atomic mass is 32.2. The maximum Gasteiger partial charge on any atom is 0.165 e. The Bertz CT molecular complexity index is 312. The van der Waals surface area contributed by atoms with Crippen LogP contribution in [0.3, 0.4) is 0 Å². The van der Waals surface area contributed by atoms with Crippen LogP contribution in [0.25, 0.3) is 0 Å². The van der Waals surface area contributed by atoms with Crippen LogP contribution >= 0.6 is 0 Å². The van der Waals surface area contributed by atoms with Crippen molar-refractivity contribution >= 4 is 15.6 Å². The molecule has 0 spiro atoms. The van der Waals surface area contributed by atoms with Crippen molar-refractivity contribution in [2.45, 2.75) is 31.8 Å². The zero-order valence-electron chi connectivity index (χ0n) is 8.58. The summed E-state index contributed by atoms with van der Waals surface area (Å²) in [6, 6.07) is 0. The number of carbonyl (C=O) groups is 1. The third-order valence-corrected chi connectivity index (χ3v) is 3.45. The van der Waals surface area contributed by atoms with Gasteiger partial charge in [0.15, 0.2) is 5.78 Å². The Kier molecular flexibility index (Phi) is 3.32. The molecule has 1 rings (SSSR count). The number of Topliss-reactive ketones (excluding diaryl/α,β-unsaturated/α-hetero) is 1. The summed E-state index contributed by atoms with van der Waals surface area (Å²) < 4.78 is 27.0. The first-order valence-corrected chi connectivity index (χ1v) is 6.74. The molecule has 0 aromatic carbocycles. The lowest BCUT2D eigenvalue weighted by Crippen LogP contribution is -2.35. The van der Waals surface area contributed by atoms with Gasteiger partial charge in [0.1, 0.15) is 15.4 Å². The number of hydrogen-bond donors (Lipinski definition) is 0. The van der Waals surface area contributed by atoms with Crippen molar-refractivity contribution < 1.29 is 17.9 Å². The van der Waals surface area contributed by atoms with Gasteiger partial charge in [-0.1, -0.05) is 0 Å². The van der Waals surface area contributed by atoms with Crippen LogP contribution in [0.4, 0.5) is 0 Å². The minimum Gasteiger partial charge on any atom is -0.368 e. The molecule has 0 aromatic rings. The number of sulfone groups is 1. The molecular formula is C9H16O4S. The Morgan fingerprint density at radius 2 is 2.14 bits per heavy atom. The van der Waals surface area contributed by atoms with Gasteiger partial charge in [-0.25, -0.2) is 8.42 Å². The zero-order valence-corrected chi connectivity index (χ0v) is 9.39. The van der Waals surface area contributed by atoms with E-state index in [0.717, 1.165) is 12.7 Å². The summed E-state index contributed by atoms with van der Waals surface area (Å²) in [6.45, 7) is 2.34. The Balaban J connectivity index is 2.50. The molecule has 1 heterocycles. The van der Waals surface area contributed by atoms with Gasteiger partial charge in [0, 0.05) is 19.3 Å². The van der Waals surface area contributed by atoms with E-state index in [2.05, 4.69) is 0 Å². The summed E-state index contributed by atoms with van der Waals surface area (Å²) in [5.41, 5.74) is -0.731. The van der Waals surface area contributed by atoms with Crippen LogP contribution in [0.2, 0.25) is 0 Å². The first-order chi connectivity index (χ1) is 6.33. The highest BCUT2D eigenvalue weighted by Gasteiger charge is 2.37. The molecule has 0 aliphatic carbocycles. The van der Waals surface area contributed by atoms with Crippen LogP contribution in [-0.2, 0) is 19.4 Å². The van der Waals surface area contributed by atoms with Crippen molar-refractivity contribution in [2.24, 2.45) is 0 Å². The standard InChI is InChI=1S/C9H16O4S/c1-9(5-3-6-13-9)8(10)4-7-14(2,11)12/h3-7H2,1-2H3. The fraction of sp³-hybridized carbons (Fsp3) is 0.889. The number of hydrogen-bond acceptors (Lipinski definition) is 4. The van der Waals surface area contributed by atoms with Gasteiger partial charge in [-0.3, -0.25) is 4.79 Å².